The van der Waals surface area contributed by atoms with Crippen molar-refractivity contribution in [3.8, 4) is 0 Å². The highest BCUT2D eigenvalue weighted by molar-refractivity contribution is 8.13. The van der Waals surface area contributed by atoms with Crippen molar-refractivity contribution in [3.05, 3.63) is 125 Å². The van der Waals surface area contributed by atoms with Crippen LogP contribution in [-0.4, -0.2) is 76.9 Å². The summed E-state index contributed by atoms with van der Waals surface area (Å²) in [6, 6.07) is 25.1. The van der Waals surface area contributed by atoms with Gasteiger partial charge in [0.1, 0.15) is 24.2 Å². The fourth-order valence-corrected chi connectivity index (χ4v) is 10.6. The molecule has 0 bridgehead atoms. The van der Waals surface area contributed by atoms with Crippen LogP contribution >= 0.6 is 33.9 Å². The molecule has 0 radical (unpaired) electrons. The van der Waals surface area contributed by atoms with Crippen molar-refractivity contribution < 1.29 is 26.4 Å². The minimum absolute atomic E-state index is 0.0208. The second kappa shape index (κ2) is 17.2. The van der Waals surface area contributed by atoms with E-state index in [4.69, 9.17) is 33.9 Å². The van der Waals surface area contributed by atoms with Crippen molar-refractivity contribution in [1.82, 2.24) is 9.97 Å². The van der Waals surface area contributed by atoms with Gasteiger partial charge in [0.05, 0.1) is 9.79 Å². The van der Waals surface area contributed by atoms with E-state index in [9.17, 15) is 26.4 Å². The third-order valence-electron chi connectivity index (χ3n) is 11.2. The van der Waals surface area contributed by atoms with Crippen molar-refractivity contribution in [3.63, 3.8) is 0 Å². The molecule has 312 valence electrons. The number of benzene rings is 4. The zero-order valence-electron chi connectivity index (χ0n) is 32.1. The molecule has 4 aliphatic rings. The number of nitrogens with zero attached hydrogens (tertiary/aromatic N) is 6. The van der Waals surface area contributed by atoms with E-state index in [2.05, 4.69) is 24.5 Å². The van der Waals surface area contributed by atoms with Gasteiger partial charge in [-0.1, -0.05) is 23.2 Å². The normalized spacial score (nSPS) is 19.1. The van der Waals surface area contributed by atoms with Gasteiger partial charge in [-0.3, -0.25) is 14.3 Å². The molecule has 5 aromatic rings. The van der Waals surface area contributed by atoms with Gasteiger partial charge in [-0.25, -0.2) is 26.8 Å². The van der Waals surface area contributed by atoms with Crippen LogP contribution in [0.15, 0.2) is 113 Å². The van der Waals surface area contributed by atoms with Crippen molar-refractivity contribution in [1.29, 1.82) is 0 Å². The fourth-order valence-electron chi connectivity index (χ4n) is 8.40. The van der Waals surface area contributed by atoms with Crippen LogP contribution in [-0.2, 0) is 41.5 Å². The Morgan fingerprint density at radius 3 is 1.55 bits per heavy atom. The molecule has 0 spiro atoms. The van der Waals surface area contributed by atoms with E-state index in [1.807, 2.05) is 36.4 Å². The Morgan fingerprint density at radius 2 is 1.10 bits per heavy atom. The lowest BCUT2D eigenvalue weighted by Crippen LogP contribution is -2.44. The zero-order valence-corrected chi connectivity index (χ0v) is 36.0. The number of carbonyl (C=O) groups excluding carboxylic acids is 2. The number of rotatable bonds is 8. The largest absolute Gasteiger partial charge is 0.359 e. The molecule has 2 atom stereocenters. The maximum absolute atomic E-state index is 13.3. The van der Waals surface area contributed by atoms with E-state index in [0.717, 1.165) is 56.6 Å². The second-order valence-electron chi connectivity index (χ2n) is 14.9. The molecule has 2 fully saturated rings. The molecule has 5 heterocycles. The molecule has 2 amide bonds. The van der Waals surface area contributed by atoms with Crippen LogP contribution in [0, 0.1) is 0 Å². The molecule has 0 unspecified atom stereocenters. The molecule has 60 heavy (non-hydrogen) atoms. The molecule has 18 heteroatoms. The highest BCUT2D eigenvalue weighted by Crippen LogP contribution is 2.37. The fraction of sp³-hybridized carbons (Fsp3) is 0.286. The molecule has 9 rings (SSSR count). The van der Waals surface area contributed by atoms with Crippen LogP contribution in [0.5, 0.6) is 0 Å². The third kappa shape index (κ3) is 8.77. The van der Waals surface area contributed by atoms with Crippen LogP contribution < -0.4 is 24.3 Å². The predicted octanol–water partition coefficient (Wildman–Crippen LogP) is 7.31. The van der Waals surface area contributed by atoms with Crippen molar-refractivity contribution in [2.24, 2.45) is 0 Å². The van der Waals surface area contributed by atoms with E-state index in [0.29, 0.717) is 40.9 Å². The molecule has 4 aromatic carbocycles. The first kappa shape index (κ1) is 41.8. The average Bonchev–Trinajstić information content (AvgIpc) is 3.82. The molecular weight excluding hydrogens is 869 g/mol. The Hall–Kier alpha value is -4.93. The standard InChI is InChI=1S/C23H22ClN5O3S.C19H18Cl2N2O3S/c24-17-3-8-20-16(14-17)2-1-12-29(20)21-10-13-28(23(21)30)18-4-6-19(7-5-18)33(31,32)27-22-9-11-25-15-26-22;20-14-3-8-17-13(12-14)2-1-10-23(17)18-9-11-22(19(18)24)15-4-6-16(7-5-15)27(21,25)26/h3-9,11,14-15,21H,1-2,10,12-13H2,(H,25,26,27);3-8,12,18H,1-2,9-11H2/t21-;18-/m00/s1. The highest BCUT2D eigenvalue weighted by atomic mass is 35.7. The highest BCUT2D eigenvalue weighted by Gasteiger charge is 2.40. The monoisotopic (exact) mass is 907 g/mol. The predicted molar refractivity (Wildman–Crippen MR) is 235 cm³/mol. The van der Waals surface area contributed by atoms with Gasteiger partial charge >= 0.3 is 0 Å². The molecule has 13 nitrogen and oxygen atoms in total. The number of aryl methyl sites for hydroxylation is 2. The number of fused-ring (bicyclic) bond motifs is 2. The van der Waals surface area contributed by atoms with Gasteiger partial charge in [0.15, 0.2) is 0 Å². The Labute approximate surface area is 363 Å². The van der Waals surface area contributed by atoms with Crippen LogP contribution in [0.3, 0.4) is 0 Å². The first-order valence-corrected chi connectivity index (χ1v) is 24.0. The number of hydrogen-bond donors (Lipinski definition) is 1. The summed E-state index contributed by atoms with van der Waals surface area (Å²) in [5, 5.41) is 1.42. The third-order valence-corrected chi connectivity index (χ3v) is 14.4. The number of nitrogens with one attached hydrogen (secondary N) is 1. The molecular formula is C42H40Cl3N7O6S2. The second-order valence-corrected chi connectivity index (χ2v) is 20.0. The van der Waals surface area contributed by atoms with Crippen molar-refractivity contribution in [2.45, 2.75) is 60.4 Å². The van der Waals surface area contributed by atoms with E-state index < -0.39 is 19.1 Å². The van der Waals surface area contributed by atoms with Gasteiger partial charge in [0, 0.05) is 75.9 Å². The summed E-state index contributed by atoms with van der Waals surface area (Å²) < 4.78 is 50.5. The molecule has 1 aromatic heterocycles. The molecule has 0 saturated carbocycles. The smallest absolute Gasteiger partial charge is 0.263 e. The Kier molecular flexibility index (Phi) is 12.0. The first-order valence-electron chi connectivity index (χ1n) is 19.4. The zero-order chi connectivity index (χ0) is 42.2. The molecule has 2 saturated heterocycles. The topological polar surface area (TPSA) is 153 Å². The number of aromatic nitrogens is 2. The van der Waals surface area contributed by atoms with Gasteiger partial charge < -0.3 is 19.6 Å². The van der Waals surface area contributed by atoms with Crippen molar-refractivity contribution in [2.75, 3.05) is 50.5 Å². The SMILES string of the molecule is O=C1[C@@H](N2CCCc3cc(Cl)ccc32)CCN1c1ccc(S(=O)(=O)Cl)cc1.O=C1[C@@H](N2CCCc3cc(Cl)ccc32)CCN1c1ccc(S(=O)(=O)Nc2ccncn2)cc1. The first-order chi connectivity index (χ1) is 28.8. The van der Waals surface area contributed by atoms with Crippen molar-refractivity contribution >= 4 is 93.3 Å². The summed E-state index contributed by atoms with van der Waals surface area (Å²) in [5.41, 5.74) is 5.86. The quantitative estimate of drug-likeness (QED) is 0.157. The van der Waals surface area contributed by atoms with Crippen LogP contribution in [0.1, 0.15) is 36.8 Å². The molecule has 4 aliphatic heterocycles. The van der Waals surface area contributed by atoms with E-state index in [1.54, 1.807) is 34.1 Å². The van der Waals surface area contributed by atoms with Gasteiger partial charge in [-0.15, -0.1) is 0 Å². The summed E-state index contributed by atoms with van der Waals surface area (Å²) in [7, 11) is -2.21. The van der Waals surface area contributed by atoms with E-state index in [1.165, 1.54) is 54.0 Å². The number of halogens is 3. The maximum atomic E-state index is 13.3. The van der Waals surface area contributed by atoms with Gasteiger partial charge in [-0.05, 0) is 141 Å². The number of anilines is 5. The van der Waals surface area contributed by atoms with Crippen LogP contribution in [0.25, 0.3) is 0 Å². The lowest BCUT2D eigenvalue weighted by molar-refractivity contribution is -0.119. The van der Waals surface area contributed by atoms with Gasteiger partial charge in [0.25, 0.3) is 19.1 Å². The lowest BCUT2D eigenvalue weighted by Gasteiger charge is -2.35. The molecule has 0 aliphatic carbocycles. The summed E-state index contributed by atoms with van der Waals surface area (Å²) in [5.74, 6) is 0.238. The number of sulfonamides is 1. The summed E-state index contributed by atoms with van der Waals surface area (Å²) in [4.78, 5) is 42.0. The van der Waals surface area contributed by atoms with E-state index in [-0.39, 0.29) is 39.5 Å². The Balaban J connectivity index is 0.000000170. The lowest BCUT2D eigenvalue weighted by atomic mass is 9.99. The van der Waals surface area contributed by atoms with Crippen LogP contribution in [0.4, 0.5) is 28.6 Å². The Bertz CT molecular complexity index is 2640. The number of carbonyl (C=O) groups is 2. The minimum Gasteiger partial charge on any atom is -0.359 e. The molecule has 1 N–H and O–H groups in total. The number of hydrogen-bond acceptors (Lipinski definition) is 10. The maximum Gasteiger partial charge on any atom is 0.263 e. The van der Waals surface area contributed by atoms with E-state index >= 15 is 0 Å². The summed E-state index contributed by atoms with van der Waals surface area (Å²) >= 11 is 12.3. The van der Waals surface area contributed by atoms with Crippen LogP contribution in [0.2, 0.25) is 10.0 Å². The Morgan fingerprint density at radius 1 is 0.617 bits per heavy atom. The minimum atomic E-state index is -3.79. The summed E-state index contributed by atoms with van der Waals surface area (Å²) in [6.07, 6.45) is 8.03. The van der Waals surface area contributed by atoms with Gasteiger partial charge in [0.2, 0.25) is 11.8 Å². The summed E-state index contributed by atoms with van der Waals surface area (Å²) in [6.45, 7) is 2.83. The number of amides is 2. The average molecular weight is 909 g/mol. The van der Waals surface area contributed by atoms with Gasteiger partial charge in [-0.2, -0.15) is 0 Å².